The summed E-state index contributed by atoms with van der Waals surface area (Å²) in [4.78, 5) is 11.1. The second-order valence-corrected chi connectivity index (χ2v) is 4.37. The highest BCUT2D eigenvalue weighted by Gasteiger charge is 2.24. The van der Waals surface area contributed by atoms with Crippen molar-refractivity contribution in [1.82, 2.24) is 0 Å². The molecule has 0 saturated heterocycles. The van der Waals surface area contributed by atoms with Crippen LogP contribution < -0.4 is 0 Å². The summed E-state index contributed by atoms with van der Waals surface area (Å²) in [5.74, 6) is -0.346. The van der Waals surface area contributed by atoms with Crippen molar-refractivity contribution < 1.29 is 9.90 Å². The van der Waals surface area contributed by atoms with Crippen molar-refractivity contribution in [2.75, 3.05) is 0 Å². The van der Waals surface area contributed by atoms with Crippen LogP contribution in [-0.4, -0.2) is 11.1 Å². The van der Waals surface area contributed by atoms with Crippen LogP contribution in [0.25, 0.3) is 0 Å². The van der Waals surface area contributed by atoms with Gasteiger partial charge in [-0.05, 0) is 12.3 Å². The molecule has 0 aromatic rings. The van der Waals surface area contributed by atoms with Gasteiger partial charge in [0.05, 0.1) is 5.92 Å². The van der Waals surface area contributed by atoms with Crippen molar-refractivity contribution in [1.29, 1.82) is 0 Å². The predicted octanol–water partition coefficient (Wildman–Crippen LogP) is 4.09. The number of carboxylic acid groups (broad SMARTS) is 1. The number of unbranched alkanes of at least 4 members (excludes halogenated alkanes) is 3. The SMILES string of the molecule is CCCCCCC(C(=O)O)C(CC)CC. The van der Waals surface area contributed by atoms with Gasteiger partial charge in [-0.2, -0.15) is 0 Å². The van der Waals surface area contributed by atoms with Gasteiger partial charge in [-0.3, -0.25) is 4.79 Å². The fraction of sp³-hybridized carbons (Fsp3) is 0.923. The molecule has 0 aromatic heterocycles. The molecule has 0 radical (unpaired) electrons. The Labute approximate surface area is 94.1 Å². The molecule has 0 aliphatic rings. The van der Waals surface area contributed by atoms with Gasteiger partial charge in [0.25, 0.3) is 0 Å². The first-order valence-corrected chi connectivity index (χ1v) is 6.40. The molecule has 0 fully saturated rings. The van der Waals surface area contributed by atoms with E-state index in [1.54, 1.807) is 0 Å². The maximum atomic E-state index is 11.1. The summed E-state index contributed by atoms with van der Waals surface area (Å²) < 4.78 is 0. The van der Waals surface area contributed by atoms with Crippen LogP contribution in [0.15, 0.2) is 0 Å². The van der Waals surface area contributed by atoms with Crippen LogP contribution in [0.4, 0.5) is 0 Å². The number of hydrogen-bond acceptors (Lipinski definition) is 1. The molecule has 0 aliphatic carbocycles. The summed E-state index contributed by atoms with van der Waals surface area (Å²) in [7, 11) is 0. The molecule has 0 bridgehead atoms. The average Bonchev–Trinajstić information content (AvgIpc) is 2.22. The summed E-state index contributed by atoms with van der Waals surface area (Å²) in [6.07, 6.45) is 7.53. The first-order valence-electron chi connectivity index (χ1n) is 6.40. The van der Waals surface area contributed by atoms with E-state index in [4.69, 9.17) is 5.11 Å². The Balaban J connectivity index is 3.98. The molecule has 90 valence electrons. The molecule has 0 saturated carbocycles. The lowest BCUT2D eigenvalue weighted by Crippen LogP contribution is -2.22. The van der Waals surface area contributed by atoms with Gasteiger partial charge in [0, 0.05) is 0 Å². The van der Waals surface area contributed by atoms with Crippen molar-refractivity contribution in [2.45, 2.75) is 65.7 Å². The van der Waals surface area contributed by atoms with Crippen LogP contribution >= 0.6 is 0 Å². The van der Waals surface area contributed by atoms with E-state index < -0.39 is 5.97 Å². The van der Waals surface area contributed by atoms with Gasteiger partial charge in [-0.15, -0.1) is 0 Å². The van der Waals surface area contributed by atoms with Crippen molar-refractivity contribution in [3.8, 4) is 0 Å². The molecule has 0 aliphatic heterocycles. The van der Waals surface area contributed by atoms with E-state index in [1.165, 1.54) is 19.3 Å². The van der Waals surface area contributed by atoms with Crippen molar-refractivity contribution >= 4 is 5.97 Å². The predicted molar refractivity (Wildman–Crippen MR) is 64.0 cm³/mol. The third-order valence-corrected chi connectivity index (χ3v) is 3.30. The van der Waals surface area contributed by atoms with E-state index >= 15 is 0 Å². The molecular formula is C13H26O2. The Morgan fingerprint density at radius 1 is 1.07 bits per heavy atom. The lowest BCUT2D eigenvalue weighted by molar-refractivity contribution is -0.144. The zero-order chi connectivity index (χ0) is 11.7. The molecule has 15 heavy (non-hydrogen) atoms. The monoisotopic (exact) mass is 214 g/mol. The maximum absolute atomic E-state index is 11.1. The molecule has 2 nitrogen and oxygen atoms in total. The van der Waals surface area contributed by atoms with Crippen LogP contribution in [0.2, 0.25) is 0 Å². The normalized spacial score (nSPS) is 13.1. The third kappa shape index (κ3) is 5.81. The zero-order valence-corrected chi connectivity index (χ0v) is 10.5. The zero-order valence-electron chi connectivity index (χ0n) is 10.5. The van der Waals surface area contributed by atoms with Gasteiger partial charge in [-0.25, -0.2) is 0 Å². The second-order valence-electron chi connectivity index (χ2n) is 4.37. The smallest absolute Gasteiger partial charge is 0.306 e. The highest BCUT2D eigenvalue weighted by Crippen LogP contribution is 2.25. The molecule has 0 amide bonds. The van der Waals surface area contributed by atoms with Crippen molar-refractivity contribution in [3.63, 3.8) is 0 Å². The van der Waals surface area contributed by atoms with E-state index in [0.29, 0.717) is 5.92 Å². The highest BCUT2D eigenvalue weighted by molar-refractivity contribution is 5.70. The standard InChI is InChI=1S/C13H26O2/c1-4-7-8-9-10-12(13(14)15)11(5-2)6-3/h11-12H,4-10H2,1-3H3,(H,14,15). The fourth-order valence-corrected chi connectivity index (χ4v) is 2.21. The van der Waals surface area contributed by atoms with E-state index in [-0.39, 0.29) is 5.92 Å². The van der Waals surface area contributed by atoms with Gasteiger partial charge >= 0.3 is 5.97 Å². The van der Waals surface area contributed by atoms with Crippen molar-refractivity contribution in [2.24, 2.45) is 11.8 Å². The minimum Gasteiger partial charge on any atom is -0.481 e. The van der Waals surface area contributed by atoms with Crippen LogP contribution in [0.1, 0.15) is 65.7 Å². The number of hydrogen-bond donors (Lipinski definition) is 1. The second kappa shape index (κ2) is 8.75. The first-order chi connectivity index (χ1) is 7.17. The summed E-state index contributed by atoms with van der Waals surface area (Å²) in [5, 5.41) is 9.16. The Hall–Kier alpha value is -0.530. The van der Waals surface area contributed by atoms with Gasteiger partial charge in [0.15, 0.2) is 0 Å². The third-order valence-electron chi connectivity index (χ3n) is 3.30. The molecular weight excluding hydrogens is 188 g/mol. The minimum atomic E-state index is -0.597. The summed E-state index contributed by atoms with van der Waals surface area (Å²) in [6.45, 7) is 6.36. The molecule has 1 unspecified atom stereocenters. The number of rotatable bonds is 9. The summed E-state index contributed by atoms with van der Waals surface area (Å²) in [5.41, 5.74) is 0. The van der Waals surface area contributed by atoms with E-state index in [1.807, 2.05) is 0 Å². The minimum absolute atomic E-state index is 0.114. The molecule has 1 N–H and O–H groups in total. The van der Waals surface area contributed by atoms with Crippen molar-refractivity contribution in [3.05, 3.63) is 0 Å². The Morgan fingerprint density at radius 2 is 1.67 bits per heavy atom. The quantitative estimate of drug-likeness (QED) is 0.587. The van der Waals surface area contributed by atoms with E-state index in [9.17, 15) is 4.79 Å². The largest absolute Gasteiger partial charge is 0.481 e. The fourth-order valence-electron chi connectivity index (χ4n) is 2.21. The molecule has 1 atom stereocenters. The topological polar surface area (TPSA) is 37.3 Å². The van der Waals surface area contributed by atoms with Crippen LogP contribution in [0.3, 0.4) is 0 Å². The average molecular weight is 214 g/mol. The molecule has 0 heterocycles. The first kappa shape index (κ1) is 14.5. The maximum Gasteiger partial charge on any atom is 0.306 e. The molecule has 0 rings (SSSR count). The molecule has 0 aromatic carbocycles. The van der Waals surface area contributed by atoms with Crippen LogP contribution in [0.5, 0.6) is 0 Å². The van der Waals surface area contributed by atoms with E-state index in [2.05, 4.69) is 20.8 Å². The number of aliphatic carboxylic acids is 1. The molecule has 0 spiro atoms. The number of carbonyl (C=O) groups is 1. The molecule has 2 heteroatoms. The Bertz CT molecular complexity index is 162. The Morgan fingerprint density at radius 3 is 2.07 bits per heavy atom. The lowest BCUT2D eigenvalue weighted by atomic mass is 9.84. The van der Waals surface area contributed by atoms with E-state index in [0.717, 1.165) is 25.7 Å². The lowest BCUT2D eigenvalue weighted by Gasteiger charge is -2.21. The highest BCUT2D eigenvalue weighted by atomic mass is 16.4. The van der Waals surface area contributed by atoms with Crippen LogP contribution in [0, 0.1) is 11.8 Å². The number of carboxylic acids is 1. The summed E-state index contributed by atoms with van der Waals surface area (Å²) in [6, 6.07) is 0. The van der Waals surface area contributed by atoms with Gasteiger partial charge in [-0.1, -0.05) is 59.3 Å². The van der Waals surface area contributed by atoms with Crippen LogP contribution in [-0.2, 0) is 4.79 Å². The summed E-state index contributed by atoms with van der Waals surface area (Å²) >= 11 is 0. The van der Waals surface area contributed by atoms with Gasteiger partial charge in [0.2, 0.25) is 0 Å². The van der Waals surface area contributed by atoms with Gasteiger partial charge < -0.3 is 5.11 Å². The Kier molecular flexibility index (Phi) is 8.44. The van der Waals surface area contributed by atoms with Gasteiger partial charge in [0.1, 0.15) is 0 Å².